The normalized spacial score (nSPS) is 15.2. The van der Waals surface area contributed by atoms with Crippen LogP contribution in [-0.2, 0) is 15.3 Å². The number of nitrogens with one attached hydrogen (secondary N) is 1. The molecule has 1 aromatic heterocycles. The number of hydrogen-bond acceptors (Lipinski definition) is 7. The number of carboxylic acids is 1. The zero-order chi connectivity index (χ0) is 23.5. The number of carbonyl (C=O) groups excluding carboxylic acids is 1. The van der Waals surface area contributed by atoms with Crippen LogP contribution >= 0.6 is 11.8 Å². The summed E-state index contributed by atoms with van der Waals surface area (Å²) in [5.74, 6) is -0.255. The predicted octanol–water partition coefficient (Wildman–Crippen LogP) is 4.51. The first-order valence-electron chi connectivity index (χ1n) is 10.5. The average Bonchev–Trinajstić information content (AvgIpc) is 3.19. The number of thioether (sulfide) groups is 1. The first-order chi connectivity index (χ1) is 15.8. The topological polar surface area (TPSA) is 106 Å². The Labute approximate surface area is 195 Å². The van der Waals surface area contributed by atoms with Crippen LogP contribution in [0.1, 0.15) is 48.3 Å². The van der Waals surface area contributed by atoms with Gasteiger partial charge in [-0.25, -0.2) is 14.3 Å². The van der Waals surface area contributed by atoms with E-state index in [0.717, 1.165) is 5.56 Å². The summed E-state index contributed by atoms with van der Waals surface area (Å²) in [4.78, 5) is 28.9. The molecule has 1 aliphatic rings. The molecule has 2 aromatic carbocycles. The largest absolute Gasteiger partial charge is 0.478 e. The van der Waals surface area contributed by atoms with E-state index in [2.05, 4.69) is 15.4 Å². The van der Waals surface area contributed by atoms with Gasteiger partial charge in [-0.2, -0.15) is 4.98 Å². The van der Waals surface area contributed by atoms with Gasteiger partial charge in [0, 0.05) is 11.4 Å². The molecule has 0 saturated carbocycles. The van der Waals surface area contributed by atoms with Gasteiger partial charge in [0.2, 0.25) is 11.1 Å². The molecule has 0 bridgehead atoms. The lowest BCUT2D eigenvalue weighted by molar-refractivity contribution is -0.143. The second kappa shape index (κ2) is 9.50. The lowest BCUT2D eigenvalue weighted by Crippen LogP contribution is -2.30. The van der Waals surface area contributed by atoms with Gasteiger partial charge in [0.15, 0.2) is 0 Å². The van der Waals surface area contributed by atoms with Gasteiger partial charge in [0.25, 0.3) is 0 Å². The molecule has 9 heteroatoms. The predicted molar refractivity (Wildman–Crippen MR) is 125 cm³/mol. The number of esters is 1. The molecule has 170 valence electrons. The monoisotopic (exact) mass is 464 g/mol. The number of fused-ring (bicyclic) bond motifs is 1. The van der Waals surface area contributed by atoms with E-state index in [9.17, 15) is 14.7 Å². The number of benzene rings is 2. The average molecular weight is 465 g/mol. The molecule has 3 aromatic rings. The maximum atomic E-state index is 13.0. The Morgan fingerprint density at radius 2 is 1.85 bits per heavy atom. The number of rotatable bonds is 7. The first-order valence-corrected chi connectivity index (χ1v) is 11.5. The number of carboxylic acid groups (broad SMARTS) is 1. The van der Waals surface area contributed by atoms with Crippen molar-refractivity contribution in [2.45, 2.75) is 43.8 Å². The van der Waals surface area contributed by atoms with E-state index in [0.29, 0.717) is 33.7 Å². The second-order valence-corrected chi connectivity index (χ2v) is 8.83. The van der Waals surface area contributed by atoms with Crippen molar-refractivity contribution in [3.63, 3.8) is 0 Å². The van der Waals surface area contributed by atoms with Gasteiger partial charge < -0.3 is 15.2 Å². The Morgan fingerprint density at radius 3 is 2.48 bits per heavy atom. The number of hydrogen-bond donors (Lipinski definition) is 2. The van der Waals surface area contributed by atoms with Crippen molar-refractivity contribution >= 4 is 29.6 Å². The van der Waals surface area contributed by atoms with Crippen molar-refractivity contribution in [3.8, 4) is 0 Å². The van der Waals surface area contributed by atoms with Gasteiger partial charge in [0.1, 0.15) is 6.04 Å². The zero-order valence-electron chi connectivity index (χ0n) is 18.5. The standard InChI is InChI=1S/C24H24N4O4S/c1-14(2)32-22(31)19-15(3)25-23-26-24(33-13-16-7-5-4-6-8-16)27-28(23)20(19)17-9-11-18(12-10-17)21(29)30/h4-12,14,20H,13H2,1-3H3,(H,29,30)(H,25,26,27). The van der Waals surface area contributed by atoms with E-state index >= 15 is 0 Å². The van der Waals surface area contributed by atoms with Gasteiger partial charge in [-0.15, -0.1) is 5.10 Å². The minimum absolute atomic E-state index is 0.164. The summed E-state index contributed by atoms with van der Waals surface area (Å²) in [5, 5.41) is 17.7. The Kier molecular flexibility index (Phi) is 6.50. The van der Waals surface area contributed by atoms with E-state index in [-0.39, 0.29) is 11.7 Å². The maximum Gasteiger partial charge on any atom is 0.338 e. The molecule has 0 saturated heterocycles. The minimum Gasteiger partial charge on any atom is -0.478 e. The molecule has 33 heavy (non-hydrogen) atoms. The van der Waals surface area contributed by atoms with Crippen LogP contribution in [0.25, 0.3) is 0 Å². The van der Waals surface area contributed by atoms with Gasteiger partial charge in [-0.05, 0) is 44.0 Å². The van der Waals surface area contributed by atoms with Crippen molar-refractivity contribution in [2.75, 3.05) is 5.32 Å². The summed E-state index contributed by atoms with van der Waals surface area (Å²) in [6.07, 6.45) is -0.290. The van der Waals surface area contributed by atoms with Crippen LogP contribution in [0.15, 0.2) is 71.0 Å². The highest BCUT2D eigenvalue weighted by molar-refractivity contribution is 7.98. The first kappa shape index (κ1) is 22.6. The highest BCUT2D eigenvalue weighted by atomic mass is 32.2. The molecule has 4 rings (SSSR count). The van der Waals surface area contributed by atoms with Gasteiger partial charge in [-0.3, -0.25) is 0 Å². The third-order valence-electron chi connectivity index (χ3n) is 5.08. The minimum atomic E-state index is -1.01. The molecule has 0 amide bonds. The molecule has 1 atom stereocenters. The fourth-order valence-electron chi connectivity index (χ4n) is 3.57. The van der Waals surface area contributed by atoms with E-state index in [1.807, 2.05) is 30.3 Å². The quantitative estimate of drug-likeness (QED) is 0.389. The number of anilines is 1. The summed E-state index contributed by atoms with van der Waals surface area (Å²) in [6.45, 7) is 5.38. The number of ether oxygens (including phenoxy) is 1. The van der Waals surface area contributed by atoms with Crippen LogP contribution in [0.5, 0.6) is 0 Å². The van der Waals surface area contributed by atoms with Gasteiger partial charge >= 0.3 is 11.9 Å². The fraction of sp³-hybridized carbons (Fsp3) is 0.250. The van der Waals surface area contributed by atoms with Crippen LogP contribution in [0.3, 0.4) is 0 Å². The Bertz CT molecular complexity index is 1200. The second-order valence-electron chi connectivity index (χ2n) is 7.88. The third-order valence-corrected chi connectivity index (χ3v) is 5.99. The lowest BCUT2D eigenvalue weighted by atomic mass is 9.95. The maximum absolute atomic E-state index is 13.0. The summed E-state index contributed by atoms with van der Waals surface area (Å²) in [5.41, 5.74) is 3.05. The van der Waals surface area contributed by atoms with Gasteiger partial charge in [-0.1, -0.05) is 54.2 Å². The van der Waals surface area contributed by atoms with Crippen LogP contribution < -0.4 is 5.32 Å². The van der Waals surface area contributed by atoms with Crippen molar-refractivity contribution in [1.82, 2.24) is 14.8 Å². The Hall–Kier alpha value is -3.59. The zero-order valence-corrected chi connectivity index (χ0v) is 19.3. The van der Waals surface area contributed by atoms with Crippen LogP contribution in [0, 0.1) is 0 Å². The Morgan fingerprint density at radius 1 is 1.15 bits per heavy atom. The van der Waals surface area contributed by atoms with E-state index < -0.39 is 18.0 Å². The van der Waals surface area contributed by atoms with Crippen LogP contribution in [0.2, 0.25) is 0 Å². The molecule has 0 radical (unpaired) electrons. The van der Waals surface area contributed by atoms with E-state index in [1.165, 1.54) is 23.9 Å². The molecule has 2 heterocycles. The molecule has 2 N–H and O–H groups in total. The number of nitrogens with zero attached hydrogens (tertiary/aromatic N) is 3. The van der Waals surface area contributed by atoms with E-state index in [1.54, 1.807) is 37.6 Å². The third kappa shape index (κ3) is 4.93. The van der Waals surface area contributed by atoms with Crippen molar-refractivity contribution < 1.29 is 19.4 Å². The van der Waals surface area contributed by atoms with Crippen LogP contribution in [0.4, 0.5) is 5.95 Å². The Balaban J connectivity index is 1.71. The molecule has 0 aliphatic carbocycles. The highest BCUT2D eigenvalue weighted by Gasteiger charge is 2.35. The molecule has 0 spiro atoms. The summed E-state index contributed by atoms with van der Waals surface area (Å²) in [7, 11) is 0. The number of aromatic carboxylic acids is 1. The fourth-order valence-corrected chi connectivity index (χ4v) is 4.36. The smallest absolute Gasteiger partial charge is 0.338 e. The van der Waals surface area contributed by atoms with Crippen molar-refractivity contribution in [1.29, 1.82) is 0 Å². The summed E-state index contributed by atoms with van der Waals surface area (Å²) >= 11 is 1.50. The summed E-state index contributed by atoms with van der Waals surface area (Å²) in [6, 6.07) is 15.8. The van der Waals surface area contributed by atoms with Crippen LogP contribution in [-0.4, -0.2) is 37.9 Å². The SMILES string of the molecule is CC1=C(C(=O)OC(C)C)C(c2ccc(C(=O)O)cc2)n2nc(SCc3ccccc3)nc2N1. The molecule has 8 nitrogen and oxygen atoms in total. The molecular weight excluding hydrogens is 440 g/mol. The van der Waals surface area contributed by atoms with Crippen molar-refractivity contribution in [2.24, 2.45) is 0 Å². The number of aromatic nitrogens is 3. The lowest BCUT2D eigenvalue weighted by Gasteiger charge is -2.28. The highest BCUT2D eigenvalue weighted by Crippen LogP contribution is 2.37. The molecule has 1 unspecified atom stereocenters. The van der Waals surface area contributed by atoms with Gasteiger partial charge in [0.05, 0.1) is 17.2 Å². The van der Waals surface area contributed by atoms with E-state index in [4.69, 9.17) is 4.74 Å². The molecule has 0 fully saturated rings. The van der Waals surface area contributed by atoms with Crippen molar-refractivity contribution in [3.05, 3.63) is 82.6 Å². The number of allylic oxidation sites excluding steroid dienone is 1. The number of carbonyl (C=O) groups is 2. The molecular formula is C24H24N4O4S. The summed E-state index contributed by atoms with van der Waals surface area (Å²) < 4.78 is 7.16. The molecule has 1 aliphatic heterocycles.